The van der Waals surface area contributed by atoms with Crippen LogP contribution in [0, 0.1) is 23.2 Å². The summed E-state index contributed by atoms with van der Waals surface area (Å²) >= 11 is 0. The molecule has 0 saturated heterocycles. The van der Waals surface area contributed by atoms with E-state index in [0.717, 1.165) is 28.8 Å². The lowest BCUT2D eigenvalue weighted by atomic mass is 9.48. The highest BCUT2D eigenvalue weighted by atomic mass is 16.2. The topological polar surface area (TPSA) is 46.9 Å². The van der Waals surface area contributed by atoms with Crippen LogP contribution in [0.5, 0.6) is 0 Å². The Morgan fingerprint density at radius 3 is 2.52 bits per heavy atom. The molecule has 0 radical (unpaired) electrons. The number of hydrogen-bond acceptors (Lipinski definition) is 2. The first-order valence-electron chi connectivity index (χ1n) is 9.80. The lowest BCUT2D eigenvalue weighted by molar-refractivity contribution is -0.126. The van der Waals surface area contributed by atoms with Gasteiger partial charge in [0.05, 0.1) is 17.4 Å². The van der Waals surface area contributed by atoms with Crippen molar-refractivity contribution in [2.45, 2.75) is 58.0 Å². The van der Waals surface area contributed by atoms with Gasteiger partial charge in [-0.05, 0) is 80.8 Å². The van der Waals surface area contributed by atoms with E-state index in [1.807, 2.05) is 28.8 Å². The Labute approximate surface area is 149 Å². The fraction of sp³-hybridized carbons (Fsp3) is 0.619. The van der Waals surface area contributed by atoms with E-state index < -0.39 is 0 Å². The Hall–Kier alpha value is -1.84. The van der Waals surface area contributed by atoms with Gasteiger partial charge in [-0.15, -0.1) is 0 Å². The van der Waals surface area contributed by atoms with Crippen LogP contribution in [0.15, 0.2) is 30.6 Å². The van der Waals surface area contributed by atoms with Gasteiger partial charge in [0, 0.05) is 6.04 Å². The molecule has 4 fully saturated rings. The van der Waals surface area contributed by atoms with Crippen molar-refractivity contribution < 1.29 is 4.79 Å². The van der Waals surface area contributed by atoms with Crippen molar-refractivity contribution in [3.63, 3.8) is 0 Å². The van der Waals surface area contributed by atoms with E-state index >= 15 is 0 Å². The molecule has 4 bridgehead atoms. The minimum atomic E-state index is 0.117. The van der Waals surface area contributed by atoms with Gasteiger partial charge in [-0.2, -0.15) is 0 Å². The van der Waals surface area contributed by atoms with Gasteiger partial charge in [0.25, 0.3) is 0 Å². The summed E-state index contributed by atoms with van der Waals surface area (Å²) in [7, 11) is 0. The summed E-state index contributed by atoms with van der Waals surface area (Å²) in [6.45, 7) is 2.61. The third kappa shape index (κ3) is 2.57. The molecule has 6 rings (SSSR count). The zero-order valence-corrected chi connectivity index (χ0v) is 14.9. The highest BCUT2D eigenvalue weighted by Gasteiger charge is 2.53. The van der Waals surface area contributed by atoms with Gasteiger partial charge < -0.3 is 9.88 Å². The molecule has 4 heteroatoms. The van der Waals surface area contributed by atoms with Crippen LogP contribution in [0.25, 0.3) is 11.0 Å². The summed E-state index contributed by atoms with van der Waals surface area (Å²) in [5, 5.41) is 3.35. The zero-order chi connectivity index (χ0) is 17.0. The lowest BCUT2D eigenvalue weighted by Crippen LogP contribution is -2.56. The number of nitrogens with zero attached hydrogens (tertiary/aromatic N) is 2. The molecule has 1 N–H and O–H groups in total. The van der Waals surface area contributed by atoms with Gasteiger partial charge in [-0.25, -0.2) is 4.98 Å². The van der Waals surface area contributed by atoms with Crippen LogP contribution in [-0.2, 0) is 11.3 Å². The average Bonchev–Trinajstić information content (AvgIpc) is 2.96. The number of para-hydroxylation sites is 2. The second-order valence-electron chi connectivity index (χ2n) is 8.93. The number of carbonyl (C=O) groups excluding carboxylic acids is 1. The third-order valence-corrected chi connectivity index (χ3v) is 7.22. The van der Waals surface area contributed by atoms with E-state index in [2.05, 4.69) is 17.2 Å². The van der Waals surface area contributed by atoms with E-state index in [4.69, 9.17) is 0 Å². The fourth-order valence-electron chi connectivity index (χ4n) is 6.44. The highest BCUT2D eigenvalue weighted by Crippen LogP contribution is 2.61. The van der Waals surface area contributed by atoms with Crippen LogP contribution in [0.2, 0.25) is 0 Å². The second-order valence-corrected chi connectivity index (χ2v) is 8.93. The van der Waals surface area contributed by atoms with E-state index in [1.165, 1.54) is 38.5 Å². The molecule has 1 atom stereocenters. The van der Waals surface area contributed by atoms with Gasteiger partial charge >= 0.3 is 0 Å². The number of nitrogens with one attached hydrogen (secondary N) is 1. The number of fused-ring (bicyclic) bond motifs is 1. The second kappa shape index (κ2) is 5.58. The Morgan fingerprint density at radius 1 is 1.20 bits per heavy atom. The Bertz CT molecular complexity index is 773. The SMILES string of the molecule is C[C@@H](NC(=O)Cn1cnc2ccccc21)C12CC3CC(CC(C3)C1)C2. The van der Waals surface area contributed by atoms with Crippen molar-refractivity contribution in [2.24, 2.45) is 23.2 Å². The molecule has 1 heterocycles. The van der Waals surface area contributed by atoms with E-state index in [1.54, 1.807) is 6.33 Å². The molecule has 25 heavy (non-hydrogen) atoms. The molecule has 0 spiro atoms. The molecule has 1 aromatic heterocycles. The van der Waals surface area contributed by atoms with Crippen LogP contribution < -0.4 is 5.32 Å². The first kappa shape index (κ1) is 15.4. The molecular formula is C21H27N3O. The summed E-state index contributed by atoms with van der Waals surface area (Å²) in [4.78, 5) is 17.1. The molecule has 132 valence electrons. The minimum Gasteiger partial charge on any atom is -0.352 e. The van der Waals surface area contributed by atoms with Gasteiger partial charge in [-0.3, -0.25) is 4.79 Å². The number of rotatable bonds is 4. The maximum absolute atomic E-state index is 12.7. The maximum atomic E-state index is 12.7. The Morgan fingerprint density at radius 2 is 1.84 bits per heavy atom. The first-order chi connectivity index (χ1) is 12.1. The van der Waals surface area contributed by atoms with Crippen LogP contribution in [0.1, 0.15) is 45.4 Å². The lowest BCUT2D eigenvalue weighted by Gasteiger charge is -2.59. The van der Waals surface area contributed by atoms with Crippen molar-refractivity contribution in [1.29, 1.82) is 0 Å². The summed E-state index contributed by atoms with van der Waals surface area (Å²) in [6, 6.07) is 8.27. The quantitative estimate of drug-likeness (QED) is 0.923. The first-order valence-corrected chi connectivity index (χ1v) is 9.80. The van der Waals surface area contributed by atoms with Crippen molar-refractivity contribution in [1.82, 2.24) is 14.9 Å². The zero-order valence-electron chi connectivity index (χ0n) is 14.9. The predicted molar refractivity (Wildman–Crippen MR) is 97.9 cm³/mol. The molecule has 0 unspecified atom stereocenters. The van der Waals surface area contributed by atoms with Gasteiger partial charge in [-0.1, -0.05) is 12.1 Å². The molecule has 4 aliphatic carbocycles. The summed E-state index contributed by atoms with van der Waals surface area (Å²) in [6.07, 6.45) is 10.1. The van der Waals surface area contributed by atoms with Crippen molar-refractivity contribution >= 4 is 16.9 Å². The fourth-order valence-corrected chi connectivity index (χ4v) is 6.44. The average molecular weight is 337 g/mol. The summed E-state index contributed by atoms with van der Waals surface area (Å²) in [5.41, 5.74) is 2.34. The molecule has 4 aliphatic rings. The van der Waals surface area contributed by atoms with Crippen molar-refractivity contribution in [2.75, 3.05) is 0 Å². The number of amides is 1. The van der Waals surface area contributed by atoms with Crippen LogP contribution >= 0.6 is 0 Å². The minimum absolute atomic E-state index is 0.117. The number of aromatic nitrogens is 2. The summed E-state index contributed by atoms with van der Waals surface area (Å²) < 4.78 is 1.96. The highest BCUT2D eigenvalue weighted by molar-refractivity contribution is 5.80. The standard InChI is InChI=1S/C21H27N3O/c1-14(21-9-15-6-16(10-21)8-17(7-15)11-21)23-20(25)12-24-13-22-18-4-2-3-5-19(18)24/h2-5,13-17H,6-12H2,1H3,(H,23,25)/t14-,15?,16?,17?,21?/m1/s1. The van der Waals surface area contributed by atoms with E-state index in [0.29, 0.717) is 12.0 Å². The van der Waals surface area contributed by atoms with Crippen LogP contribution in [0.3, 0.4) is 0 Å². The van der Waals surface area contributed by atoms with Crippen molar-refractivity contribution in [3.05, 3.63) is 30.6 Å². The Kier molecular flexibility index (Phi) is 3.44. The maximum Gasteiger partial charge on any atom is 0.240 e. The van der Waals surface area contributed by atoms with Gasteiger partial charge in [0.2, 0.25) is 5.91 Å². The molecule has 4 nitrogen and oxygen atoms in total. The number of imidazole rings is 1. The molecule has 4 saturated carbocycles. The Balaban J connectivity index is 1.29. The number of benzene rings is 1. The molecule has 2 aromatic rings. The normalized spacial score (nSPS) is 34.4. The largest absolute Gasteiger partial charge is 0.352 e. The number of carbonyl (C=O) groups is 1. The van der Waals surface area contributed by atoms with E-state index in [-0.39, 0.29) is 11.9 Å². The van der Waals surface area contributed by atoms with Gasteiger partial charge in [0.1, 0.15) is 6.54 Å². The van der Waals surface area contributed by atoms with Gasteiger partial charge in [0.15, 0.2) is 0 Å². The molecule has 1 amide bonds. The third-order valence-electron chi connectivity index (χ3n) is 7.22. The van der Waals surface area contributed by atoms with E-state index in [9.17, 15) is 4.79 Å². The van der Waals surface area contributed by atoms with Crippen LogP contribution in [-0.4, -0.2) is 21.5 Å². The summed E-state index contributed by atoms with van der Waals surface area (Å²) in [5.74, 6) is 2.88. The smallest absolute Gasteiger partial charge is 0.240 e. The predicted octanol–water partition coefficient (Wildman–Crippen LogP) is 3.76. The molecular weight excluding hydrogens is 310 g/mol. The monoisotopic (exact) mass is 337 g/mol. The molecule has 1 aromatic carbocycles. The van der Waals surface area contributed by atoms with Crippen LogP contribution in [0.4, 0.5) is 0 Å². The van der Waals surface area contributed by atoms with Crippen molar-refractivity contribution in [3.8, 4) is 0 Å². The molecule has 0 aliphatic heterocycles. The number of hydrogen-bond donors (Lipinski definition) is 1.